The average Bonchev–Trinajstić information content (AvgIpc) is 3.12. The van der Waals surface area contributed by atoms with Crippen LogP contribution in [0.1, 0.15) is 44.3 Å². The summed E-state index contributed by atoms with van der Waals surface area (Å²) in [5.41, 5.74) is 0.533. The Balaban J connectivity index is 1.54. The lowest BCUT2D eigenvalue weighted by Crippen LogP contribution is -2.40. The van der Waals surface area contributed by atoms with Gasteiger partial charge in [0.25, 0.3) is 5.91 Å². The summed E-state index contributed by atoms with van der Waals surface area (Å²) in [6.07, 6.45) is 7.39. The lowest BCUT2D eigenvalue weighted by atomic mass is 10.1. The molecule has 2 aliphatic rings. The monoisotopic (exact) mass is 386 g/mol. The molecule has 1 saturated heterocycles. The minimum absolute atomic E-state index is 0.0738. The van der Waals surface area contributed by atoms with Gasteiger partial charge in [0.15, 0.2) is 11.6 Å². The fourth-order valence-electron chi connectivity index (χ4n) is 3.77. The number of benzene rings is 1. The van der Waals surface area contributed by atoms with Gasteiger partial charge in [0.05, 0.1) is 0 Å². The van der Waals surface area contributed by atoms with E-state index in [1.807, 2.05) is 0 Å². The van der Waals surface area contributed by atoms with Crippen molar-refractivity contribution in [2.45, 2.75) is 44.6 Å². The SMILES string of the molecule is O=C1NC(=Cc2ccc(-c3ccc(F)c(F)c3)o2)C(=O)N1C1CCCCCC1. The molecular formula is C21H20F2N2O3. The van der Waals surface area contributed by atoms with E-state index < -0.39 is 17.7 Å². The van der Waals surface area contributed by atoms with Crippen molar-refractivity contribution >= 4 is 18.0 Å². The number of nitrogens with one attached hydrogen (secondary N) is 1. The molecule has 28 heavy (non-hydrogen) atoms. The first-order chi connectivity index (χ1) is 13.5. The minimum atomic E-state index is -0.967. The first kappa shape index (κ1) is 18.4. The van der Waals surface area contributed by atoms with Crippen LogP contribution >= 0.6 is 0 Å². The van der Waals surface area contributed by atoms with Crippen molar-refractivity contribution < 1.29 is 22.8 Å². The van der Waals surface area contributed by atoms with Crippen LogP contribution in [0.5, 0.6) is 0 Å². The molecule has 0 spiro atoms. The van der Waals surface area contributed by atoms with Crippen LogP contribution in [0, 0.1) is 11.6 Å². The van der Waals surface area contributed by atoms with E-state index >= 15 is 0 Å². The molecule has 2 heterocycles. The van der Waals surface area contributed by atoms with Crippen molar-refractivity contribution in [3.8, 4) is 11.3 Å². The molecule has 4 rings (SSSR count). The molecule has 1 aliphatic carbocycles. The van der Waals surface area contributed by atoms with Crippen LogP contribution in [0.4, 0.5) is 13.6 Å². The second kappa shape index (κ2) is 7.58. The Labute approximate surface area is 161 Å². The van der Waals surface area contributed by atoms with Gasteiger partial charge in [0, 0.05) is 17.7 Å². The van der Waals surface area contributed by atoms with Gasteiger partial charge in [-0.2, -0.15) is 0 Å². The van der Waals surface area contributed by atoms with Gasteiger partial charge in [-0.05, 0) is 43.2 Å². The molecule has 1 saturated carbocycles. The number of nitrogens with zero attached hydrogens (tertiary/aromatic N) is 1. The Morgan fingerprint density at radius 1 is 1.00 bits per heavy atom. The highest BCUT2D eigenvalue weighted by atomic mass is 19.2. The van der Waals surface area contributed by atoms with Gasteiger partial charge in [-0.15, -0.1) is 0 Å². The zero-order valence-electron chi connectivity index (χ0n) is 15.2. The summed E-state index contributed by atoms with van der Waals surface area (Å²) in [5.74, 6) is -1.58. The summed E-state index contributed by atoms with van der Waals surface area (Å²) in [7, 11) is 0. The Morgan fingerprint density at radius 2 is 1.75 bits per heavy atom. The third-order valence-electron chi connectivity index (χ3n) is 5.22. The number of hydrogen-bond acceptors (Lipinski definition) is 3. The third-order valence-corrected chi connectivity index (χ3v) is 5.22. The van der Waals surface area contributed by atoms with Crippen molar-refractivity contribution in [3.05, 3.63) is 53.4 Å². The molecule has 3 amide bonds. The maximum absolute atomic E-state index is 13.4. The lowest BCUT2D eigenvalue weighted by Gasteiger charge is -2.23. The number of halogens is 2. The molecule has 7 heteroatoms. The third kappa shape index (κ3) is 3.56. The van der Waals surface area contributed by atoms with Crippen molar-refractivity contribution in [1.82, 2.24) is 10.2 Å². The van der Waals surface area contributed by atoms with Crippen LogP contribution < -0.4 is 5.32 Å². The van der Waals surface area contributed by atoms with Gasteiger partial charge in [-0.1, -0.05) is 25.7 Å². The van der Waals surface area contributed by atoms with Gasteiger partial charge in [-0.25, -0.2) is 13.6 Å². The number of urea groups is 1. The number of furan rings is 1. The molecule has 5 nitrogen and oxygen atoms in total. The molecule has 1 aromatic carbocycles. The zero-order valence-corrected chi connectivity index (χ0v) is 15.2. The predicted octanol–water partition coefficient (Wildman–Crippen LogP) is 4.84. The Hall–Kier alpha value is -2.96. The highest BCUT2D eigenvalue weighted by molar-refractivity contribution is 6.14. The van der Waals surface area contributed by atoms with E-state index in [-0.39, 0.29) is 17.6 Å². The summed E-state index contributed by atoms with van der Waals surface area (Å²) in [4.78, 5) is 26.4. The molecule has 2 fully saturated rings. The standard InChI is InChI=1S/C21H20F2N2O3/c22-16-9-7-13(11-17(16)23)19-10-8-15(28-19)12-18-20(26)25(21(27)24-18)14-5-3-1-2-4-6-14/h7-12,14H,1-6H2,(H,24,27). The fraction of sp³-hybridized carbons (Fsp3) is 0.333. The molecule has 146 valence electrons. The van der Waals surface area contributed by atoms with Gasteiger partial charge in [-0.3, -0.25) is 9.69 Å². The molecule has 0 bridgehead atoms. The van der Waals surface area contributed by atoms with Crippen molar-refractivity contribution in [3.63, 3.8) is 0 Å². The summed E-state index contributed by atoms with van der Waals surface area (Å²) in [5, 5.41) is 2.61. The van der Waals surface area contributed by atoms with E-state index in [0.29, 0.717) is 17.1 Å². The molecule has 2 aromatic rings. The number of carbonyl (C=O) groups excluding carboxylic acids is 2. The quantitative estimate of drug-likeness (QED) is 0.466. The summed E-state index contributed by atoms with van der Waals surface area (Å²) in [6, 6.07) is 6.20. The first-order valence-electron chi connectivity index (χ1n) is 9.44. The maximum atomic E-state index is 13.4. The van der Waals surface area contributed by atoms with E-state index in [1.165, 1.54) is 17.0 Å². The van der Waals surface area contributed by atoms with E-state index in [0.717, 1.165) is 50.7 Å². The Morgan fingerprint density at radius 3 is 2.46 bits per heavy atom. The predicted molar refractivity (Wildman–Crippen MR) is 98.9 cm³/mol. The van der Waals surface area contributed by atoms with Crippen molar-refractivity contribution in [2.75, 3.05) is 0 Å². The molecular weight excluding hydrogens is 366 g/mol. The maximum Gasteiger partial charge on any atom is 0.329 e. The van der Waals surface area contributed by atoms with Gasteiger partial charge in [0.1, 0.15) is 17.2 Å². The first-order valence-corrected chi connectivity index (χ1v) is 9.44. The minimum Gasteiger partial charge on any atom is -0.457 e. The highest BCUT2D eigenvalue weighted by Gasteiger charge is 2.38. The van der Waals surface area contributed by atoms with Crippen LogP contribution in [-0.4, -0.2) is 22.9 Å². The van der Waals surface area contributed by atoms with Crippen LogP contribution in [0.3, 0.4) is 0 Å². The van der Waals surface area contributed by atoms with E-state index in [4.69, 9.17) is 4.42 Å². The largest absolute Gasteiger partial charge is 0.457 e. The topological polar surface area (TPSA) is 62.6 Å². The summed E-state index contributed by atoms with van der Waals surface area (Å²) < 4.78 is 32.1. The molecule has 0 radical (unpaired) electrons. The van der Waals surface area contributed by atoms with Crippen LogP contribution in [0.25, 0.3) is 17.4 Å². The van der Waals surface area contributed by atoms with Crippen molar-refractivity contribution in [1.29, 1.82) is 0 Å². The van der Waals surface area contributed by atoms with E-state index in [9.17, 15) is 18.4 Å². The smallest absolute Gasteiger partial charge is 0.329 e. The molecule has 1 N–H and O–H groups in total. The number of amides is 3. The van der Waals surface area contributed by atoms with Crippen LogP contribution in [-0.2, 0) is 4.79 Å². The molecule has 0 unspecified atom stereocenters. The summed E-state index contributed by atoms with van der Waals surface area (Å²) in [6.45, 7) is 0. The summed E-state index contributed by atoms with van der Waals surface area (Å²) >= 11 is 0. The number of rotatable bonds is 3. The van der Waals surface area contributed by atoms with Crippen LogP contribution in [0.2, 0.25) is 0 Å². The number of imide groups is 1. The fourth-order valence-corrected chi connectivity index (χ4v) is 3.77. The van der Waals surface area contributed by atoms with Crippen molar-refractivity contribution in [2.24, 2.45) is 0 Å². The zero-order chi connectivity index (χ0) is 19.7. The van der Waals surface area contributed by atoms with E-state index in [1.54, 1.807) is 12.1 Å². The molecule has 0 atom stereocenters. The second-order valence-electron chi connectivity index (χ2n) is 7.14. The van der Waals surface area contributed by atoms with E-state index in [2.05, 4.69) is 5.32 Å². The molecule has 1 aliphatic heterocycles. The molecule has 1 aromatic heterocycles. The van der Waals surface area contributed by atoms with Gasteiger partial charge in [0.2, 0.25) is 0 Å². The van der Waals surface area contributed by atoms with Gasteiger partial charge >= 0.3 is 6.03 Å². The van der Waals surface area contributed by atoms with Crippen LogP contribution in [0.15, 0.2) is 40.4 Å². The number of carbonyl (C=O) groups is 2. The highest BCUT2D eigenvalue weighted by Crippen LogP contribution is 2.28. The lowest BCUT2D eigenvalue weighted by molar-refractivity contribution is -0.124. The normalized spacial score (nSPS) is 19.9. The Bertz CT molecular complexity index is 943. The number of hydrogen-bond donors (Lipinski definition) is 1. The second-order valence-corrected chi connectivity index (χ2v) is 7.14. The van der Waals surface area contributed by atoms with Gasteiger partial charge < -0.3 is 9.73 Å². The Kier molecular flexibility index (Phi) is 4.98. The average molecular weight is 386 g/mol.